The Morgan fingerprint density at radius 3 is 2.06 bits per heavy atom. The van der Waals surface area contributed by atoms with E-state index in [9.17, 15) is 14.4 Å². The lowest BCUT2D eigenvalue weighted by molar-refractivity contribution is -0.141. The summed E-state index contributed by atoms with van der Waals surface area (Å²) < 4.78 is 0. The van der Waals surface area contributed by atoms with Crippen LogP contribution < -0.4 is 16.4 Å². The van der Waals surface area contributed by atoms with E-state index >= 15 is 0 Å². The van der Waals surface area contributed by atoms with Gasteiger partial charge in [-0.3, -0.25) is 9.59 Å². The fourth-order valence-corrected chi connectivity index (χ4v) is 1.20. The van der Waals surface area contributed by atoms with Crippen LogP contribution in [0.15, 0.2) is 0 Å². The second-order valence-corrected chi connectivity index (χ2v) is 3.98. The van der Waals surface area contributed by atoms with Crippen molar-refractivity contribution in [3.8, 4) is 0 Å². The SMILES string of the molecule is CC(N)C(=O)NC(CO)C(=O)NC(CS)C(=O)O. The minimum atomic E-state index is -1.26. The molecule has 3 atom stereocenters. The maximum Gasteiger partial charge on any atom is 0.327 e. The molecule has 0 bridgehead atoms. The van der Waals surface area contributed by atoms with Gasteiger partial charge < -0.3 is 26.6 Å². The molecule has 0 aliphatic rings. The van der Waals surface area contributed by atoms with Crippen molar-refractivity contribution in [3.63, 3.8) is 0 Å². The highest BCUT2D eigenvalue weighted by Gasteiger charge is 2.25. The normalized spacial score (nSPS) is 15.3. The van der Waals surface area contributed by atoms with Gasteiger partial charge in [0.2, 0.25) is 11.8 Å². The van der Waals surface area contributed by atoms with Crippen molar-refractivity contribution >= 4 is 30.4 Å². The number of hydrogen-bond acceptors (Lipinski definition) is 6. The smallest absolute Gasteiger partial charge is 0.327 e. The van der Waals surface area contributed by atoms with Crippen LogP contribution in [0.4, 0.5) is 0 Å². The van der Waals surface area contributed by atoms with Gasteiger partial charge in [-0.05, 0) is 6.92 Å². The topological polar surface area (TPSA) is 142 Å². The van der Waals surface area contributed by atoms with E-state index in [0.717, 1.165) is 0 Å². The van der Waals surface area contributed by atoms with E-state index < -0.39 is 42.5 Å². The number of carbonyl (C=O) groups is 3. The number of aliphatic hydroxyl groups is 1. The molecule has 0 saturated carbocycles. The van der Waals surface area contributed by atoms with E-state index in [-0.39, 0.29) is 5.75 Å². The molecule has 18 heavy (non-hydrogen) atoms. The average molecular weight is 279 g/mol. The number of hydrogen-bond donors (Lipinski definition) is 6. The zero-order chi connectivity index (χ0) is 14.3. The zero-order valence-corrected chi connectivity index (χ0v) is 10.7. The van der Waals surface area contributed by atoms with Gasteiger partial charge >= 0.3 is 5.97 Å². The number of aliphatic carboxylic acids is 1. The summed E-state index contributed by atoms with van der Waals surface area (Å²) in [6.45, 7) is 0.749. The van der Waals surface area contributed by atoms with E-state index in [0.29, 0.717) is 0 Å². The van der Waals surface area contributed by atoms with E-state index in [1.54, 1.807) is 0 Å². The monoisotopic (exact) mass is 279 g/mol. The van der Waals surface area contributed by atoms with E-state index in [1.165, 1.54) is 6.92 Å². The third kappa shape index (κ3) is 5.34. The largest absolute Gasteiger partial charge is 0.480 e. The Bertz CT molecular complexity index is 323. The number of aliphatic hydroxyl groups excluding tert-OH is 1. The first-order valence-corrected chi connectivity index (χ1v) is 5.77. The maximum atomic E-state index is 11.6. The van der Waals surface area contributed by atoms with Gasteiger partial charge in [0.1, 0.15) is 12.1 Å². The summed E-state index contributed by atoms with van der Waals surface area (Å²) in [5.74, 6) is -2.80. The van der Waals surface area contributed by atoms with Gasteiger partial charge in [0.05, 0.1) is 12.6 Å². The Morgan fingerprint density at radius 2 is 1.72 bits per heavy atom. The second kappa shape index (κ2) is 7.90. The summed E-state index contributed by atoms with van der Waals surface area (Å²) in [7, 11) is 0. The number of thiol groups is 1. The Balaban J connectivity index is 4.52. The summed E-state index contributed by atoms with van der Waals surface area (Å²) >= 11 is 3.76. The molecule has 0 aliphatic heterocycles. The standard InChI is InChI=1S/C9H17N3O5S/c1-4(10)7(14)11-5(2-13)8(15)12-6(3-18)9(16)17/h4-6,13,18H,2-3,10H2,1H3,(H,11,14)(H,12,15)(H,16,17). The summed E-state index contributed by atoms with van der Waals surface area (Å²) in [6, 6.07) is -3.28. The van der Waals surface area contributed by atoms with Gasteiger partial charge in [0, 0.05) is 5.75 Å². The third-order valence-corrected chi connectivity index (χ3v) is 2.39. The molecule has 0 fully saturated rings. The van der Waals surface area contributed by atoms with Crippen molar-refractivity contribution in [1.29, 1.82) is 0 Å². The van der Waals surface area contributed by atoms with Crippen LogP contribution in [-0.2, 0) is 14.4 Å². The third-order valence-electron chi connectivity index (χ3n) is 2.03. The van der Waals surface area contributed by atoms with E-state index in [1.807, 2.05) is 0 Å². The van der Waals surface area contributed by atoms with Crippen molar-refractivity contribution in [1.82, 2.24) is 10.6 Å². The first kappa shape index (κ1) is 16.7. The summed E-state index contributed by atoms with van der Waals surface area (Å²) in [4.78, 5) is 33.5. The van der Waals surface area contributed by atoms with Gasteiger partial charge in [-0.2, -0.15) is 12.6 Å². The molecule has 0 saturated heterocycles. The first-order chi connectivity index (χ1) is 8.33. The van der Waals surface area contributed by atoms with Gasteiger partial charge in [-0.15, -0.1) is 0 Å². The molecule has 0 aliphatic carbocycles. The van der Waals surface area contributed by atoms with Crippen LogP contribution in [0, 0.1) is 0 Å². The molecular formula is C9H17N3O5S. The molecule has 8 nitrogen and oxygen atoms in total. The highest BCUT2D eigenvalue weighted by atomic mass is 32.1. The Labute approximate surface area is 109 Å². The van der Waals surface area contributed by atoms with Crippen LogP contribution in [0.5, 0.6) is 0 Å². The van der Waals surface area contributed by atoms with Crippen LogP contribution >= 0.6 is 12.6 Å². The molecule has 3 unspecified atom stereocenters. The lowest BCUT2D eigenvalue weighted by Gasteiger charge is -2.19. The summed E-state index contributed by atoms with van der Waals surface area (Å²) in [6.07, 6.45) is 0. The summed E-state index contributed by atoms with van der Waals surface area (Å²) in [5, 5.41) is 22.0. The van der Waals surface area contributed by atoms with Crippen molar-refractivity contribution in [2.75, 3.05) is 12.4 Å². The predicted octanol–water partition coefficient (Wildman–Crippen LogP) is -2.69. The van der Waals surface area contributed by atoms with Crippen molar-refractivity contribution < 1.29 is 24.6 Å². The van der Waals surface area contributed by atoms with Gasteiger partial charge in [-0.25, -0.2) is 4.79 Å². The molecule has 9 heteroatoms. The number of amides is 2. The molecule has 2 amide bonds. The number of nitrogens with one attached hydrogen (secondary N) is 2. The molecule has 0 aromatic heterocycles. The fourth-order valence-electron chi connectivity index (χ4n) is 0.955. The van der Waals surface area contributed by atoms with Crippen molar-refractivity contribution in [3.05, 3.63) is 0 Å². The zero-order valence-electron chi connectivity index (χ0n) is 9.79. The molecule has 0 heterocycles. The van der Waals surface area contributed by atoms with Gasteiger partial charge in [-0.1, -0.05) is 0 Å². The maximum absolute atomic E-state index is 11.6. The number of rotatable bonds is 7. The minimum absolute atomic E-state index is 0.111. The molecule has 6 N–H and O–H groups in total. The van der Waals surface area contributed by atoms with Crippen LogP contribution in [0.2, 0.25) is 0 Å². The second-order valence-electron chi connectivity index (χ2n) is 3.61. The van der Waals surface area contributed by atoms with Gasteiger partial charge in [0.15, 0.2) is 0 Å². The van der Waals surface area contributed by atoms with Crippen LogP contribution in [-0.4, -0.2) is 58.5 Å². The minimum Gasteiger partial charge on any atom is -0.480 e. The molecule has 0 aromatic carbocycles. The molecule has 0 spiro atoms. The van der Waals surface area contributed by atoms with E-state index in [2.05, 4.69) is 23.3 Å². The molecule has 104 valence electrons. The van der Waals surface area contributed by atoms with Crippen molar-refractivity contribution in [2.24, 2.45) is 5.73 Å². The van der Waals surface area contributed by atoms with Gasteiger partial charge in [0.25, 0.3) is 0 Å². The quantitative estimate of drug-likeness (QED) is 0.280. The highest BCUT2D eigenvalue weighted by Crippen LogP contribution is 1.92. The number of carboxylic acids is 1. The Hall–Kier alpha value is -1.32. The molecule has 0 aromatic rings. The fraction of sp³-hybridized carbons (Fsp3) is 0.667. The van der Waals surface area contributed by atoms with Crippen LogP contribution in [0.25, 0.3) is 0 Å². The highest BCUT2D eigenvalue weighted by molar-refractivity contribution is 7.80. The number of nitrogens with two attached hydrogens (primary N) is 1. The summed E-state index contributed by atoms with van der Waals surface area (Å²) in [5.41, 5.74) is 5.28. The van der Waals surface area contributed by atoms with Crippen molar-refractivity contribution in [2.45, 2.75) is 25.0 Å². The average Bonchev–Trinajstić information content (AvgIpc) is 2.31. The molecular weight excluding hydrogens is 262 g/mol. The Morgan fingerprint density at radius 1 is 1.22 bits per heavy atom. The first-order valence-electron chi connectivity index (χ1n) is 5.14. The Kier molecular flexibility index (Phi) is 7.32. The lowest BCUT2D eigenvalue weighted by Crippen LogP contribution is -2.55. The number of carbonyl (C=O) groups excluding carboxylic acids is 2. The lowest BCUT2D eigenvalue weighted by atomic mass is 10.2. The molecule has 0 radical (unpaired) electrons. The van der Waals surface area contributed by atoms with Crippen LogP contribution in [0.3, 0.4) is 0 Å². The number of carboxylic acid groups (broad SMARTS) is 1. The predicted molar refractivity (Wildman–Crippen MR) is 66.1 cm³/mol. The van der Waals surface area contributed by atoms with E-state index in [4.69, 9.17) is 15.9 Å². The van der Waals surface area contributed by atoms with Crippen LogP contribution in [0.1, 0.15) is 6.92 Å². The molecule has 0 rings (SSSR count).